The van der Waals surface area contributed by atoms with Crippen LogP contribution in [0.15, 0.2) is 53.4 Å². The Balaban J connectivity index is 1.77. The molecule has 1 N–H and O–H groups in total. The van der Waals surface area contributed by atoms with Gasteiger partial charge in [0, 0.05) is 11.6 Å². The smallest absolute Gasteiger partial charge is 0.337 e. The van der Waals surface area contributed by atoms with Gasteiger partial charge >= 0.3 is 11.9 Å². The summed E-state index contributed by atoms with van der Waals surface area (Å²) in [5.41, 5.74) is 1.09. The lowest BCUT2D eigenvalue weighted by molar-refractivity contribution is -0.144. The normalized spacial score (nSPS) is 11.0. The summed E-state index contributed by atoms with van der Waals surface area (Å²) in [7, 11) is -2.42. The number of hydrogen-bond donors (Lipinski definition) is 1. The van der Waals surface area contributed by atoms with Crippen molar-refractivity contribution in [1.29, 1.82) is 0 Å². The molecule has 0 saturated heterocycles. The van der Waals surface area contributed by atoms with E-state index in [0.717, 1.165) is 0 Å². The highest BCUT2D eigenvalue weighted by atomic mass is 35.5. The fourth-order valence-corrected chi connectivity index (χ4v) is 3.23. The topological polar surface area (TPSA) is 98.8 Å². The van der Waals surface area contributed by atoms with Crippen molar-refractivity contribution in [3.05, 3.63) is 64.7 Å². The molecule has 0 saturated carbocycles. The number of hydrogen-bond acceptors (Lipinski definition) is 6. The molecule has 0 atom stereocenters. The van der Waals surface area contributed by atoms with E-state index in [9.17, 15) is 18.0 Å². The Morgan fingerprint density at radius 2 is 1.67 bits per heavy atom. The van der Waals surface area contributed by atoms with Crippen LogP contribution >= 0.6 is 11.6 Å². The van der Waals surface area contributed by atoms with Gasteiger partial charge in [-0.2, -0.15) is 0 Å². The Labute approximate surface area is 162 Å². The number of sulfonamides is 1. The largest absolute Gasteiger partial charge is 0.465 e. The van der Waals surface area contributed by atoms with Crippen LogP contribution in [0.4, 0.5) is 0 Å². The molecule has 7 nitrogen and oxygen atoms in total. The number of halogens is 1. The van der Waals surface area contributed by atoms with Crippen molar-refractivity contribution in [2.24, 2.45) is 0 Å². The van der Waals surface area contributed by atoms with E-state index in [0.29, 0.717) is 16.1 Å². The number of esters is 2. The first-order valence-corrected chi connectivity index (χ1v) is 9.76. The summed E-state index contributed by atoms with van der Waals surface area (Å²) < 4.78 is 36.2. The van der Waals surface area contributed by atoms with Crippen LogP contribution in [0.25, 0.3) is 0 Å². The molecule has 2 rings (SSSR count). The van der Waals surface area contributed by atoms with Crippen LogP contribution in [0.5, 0.6) is 0 Å². The maximum Gasteiger partial charge on any atom is 0.337 e. The van der Waals surface area contributed by atoms with E-state index in [-0.39, 0.29) is 24.5 Å². The minimum atomic E-state index is -3.72. The minimum Gasteiger partial charge on any atom is -0.465 e. The molecule has 0 heterocycles. The molecule has 0 spiro atoms. The molecule has 2 aromatic carbocycles. The summed E-state index contributed by atoms with van der Waals surface area (Å²) in [4.78, 5) is 23.2. The summed E-state index contributed by atoms with van der Waals surface area (Å²) in [6.45, 7) is -0.0741. The second-order valence-corrected chi connectivity index (χ2v) is 7.65. The van der Waals surface area contributed by atoms with Gasteiger partial charge in [0.25, 0.3) is 0 Å². The lowest BCUT2D eigenvalue weighted by Crippen LogP contribution is -2.26. The van der Waals surface area contributed by atoms with Crippen molar-refractivity contribution >= 4 is 33.6 Å². The van der Waals surface area contributed by atoms with Crippen molar-refractivity contribution in [2.45, 2.75) is 17.9 Å². The van der Waals surface area contributed by atoms with Gasteiger partial charge in [0.05, 0.1) is 24.0 Å². The first-order chi connectivity index (χ1) is 12.8. The Morgan fingerprint density at radius 3 is 2.26 bits per heavy atom. The fourth-order valence-electron chi connectivity index (χ4n) is 2.08. The van der Waals surface area contributed by atoms with E-state index in [2.05, 4.69) is 9.46 Å². The summed E-state index contributed by atoms with van der Waals surface area (Å²) in [6, 6.07) is 12.1. The van der Waals surface area contributed by atoms with Gasteiger partial charge < -0.3 is 9.47 Å². The van der Waals surface area contributed by atoms with Crippen molar-refractivity contribution < 1.29 is 27.5 Å². The molecule has 144 valence electrons. The molecular weight excluding hydrogens is 394 g/mol. The van der Waals surface area contributed by atoms with Gasteiger partial charge in [-0.15, -0.1) is 0 Å². The van der Waals surface area contributed by atoms with Crippen molar-refractivity contribution in [3.8, 4) is 0 Å². The van der Waals surface area contributed by atoms with E-state index in [1.165, 1.54) is 31.4 Å². The van der Waals surface area contributed by atoms with E-state index in [1.54, 1.807) is 24.3 Å². The maximum atomic E-state index is 12.1. The average molecular weight is 412 g/mol. The lowest BCUT2D eigenvalue weighted by Gasteiger charge is -2.08. The second kappa shape index (κ2) is 9.50. The third-order valence-electron chi connectivity index (χ3n) is 3.52. The summed E-state index contributed by atoms with van der Waals surface area (Å²) in [5, 5.41) is 0.428. The predicted molar refractivity (Wildman–Crippen MR) is 98.8 cm³/mol. The van der Waals surface area contributed by atoms with Gasteiger partial charge in [-0.25, -0.2) is 17.9 Å². The Morgan fingerprint density at radius 1 is 1.04 bits per heavy atom. The zero-order chi connectivity index (χ0) is 19.9. The molecule has 0 aliphatic carbocycles. The monoisotopic (exact) mass is 411 g/mol. The molecule has 0 fully saturated rings. The highest BCUT2D eigenvalue weighted by Gasteiger charge is 2.14. The third-order valence-corrected chi connectivity index (χ3v) is 5.25. The van der Waals surface area contributed by atoms with Crippen LogP contribution in [0.2, 0.25) is 5.02 Å². The zero-order valence-corrected chi connectivity index (χ0v) is 16.0. The highest BCUT2D eigenvalue weighted by molar-refractivity contribution is 7.89. The van der Waals surface area contributed by atoms with E-state index >= 15 is 0 Å². The molecule has 0 bridgehead atoms. The molecule has 0 radical (unpaired) electrons. The molecule has 27 heavy (non-hydrogen) atoms. The predicted octanol–water partition coefficient (Wildman–Crippen LogP) is 2.54. The molecule has 0 aliphatic heterocycles. The molecular formula is C18H18ClNO6S. The molecule has 0 amide bonds. The van der Waals surface area contributed by atoms with Gasteiger partial charge in [0.1, 0.15) is 6.61 Å². The average Bonchev–Trinajstić information content (AvgIpc) is 2.66. The van der Waals surface area contributed by atoms with Crippen molar-refractivity contribution in [1.82, 2.24) is 4.72 Å². The number of ether oxygens (including phenoxy) is 2. The van der Waals surface area contributed by atoms with Crippen LogP contribution in [0, 0.1) is 0 Å². The Kier molecular flexibility index (Phi) is 7.35. The summed E-state index contributed by atoms with van der Waals surface area (Å²) >= 11 is 5.73. The van der Waals surface area contributed by atoms with E-state index in [1.807, 2.05) is 0 Å². The van der Waals surface area contributed by atoms with Gasteiger partial charge in [0.15, 0.2) is 0 Å². The van der Waals surface area contributed by atoms with Crippen LogP contribution in [-0.2, 0) is 30.9 Å². The maximum absolute atomic E-state index is 12.1. The van der Waals surface area contributed by atoms with Crippen LogP contribution < -0.4 is 4.72 Å². The number of carbonyl (C=O) groups is 2. The highest BCUT2D eigenvalue weighted by Crippen LogP contribution is 2.13. The number of rotatable bonds is 8. The fraction of sp³-hybridized carbons (Fsp3) is 0.222. The van der Waals surface area contributed by atoms with Crippen LogP contribution in [0.1, 0.15) is 22.3 Å². The zero-order valence-electron chi connectivity index (χ0n) is 14.5. The van der Waals surface area contributed by atoms with Gasteiger partial charge in [0.2, 0.25) is 10.0 Å². The molecule has 0 aliphatic rings. The minimum absolute atomic E-state index is 0.0181. The number of methoxy groups -OCH3 is 1. The number of carbonyl (C=O) groups excluding carboxylic acids is 2. The summed E-state index contributed by atoms with van der Waals surface area (Å²) in [5.74, 6) is -1.00. The Hall–Kier alpha value is -2.42. The van der Waals surface area contributed by atoms with Crippen LogP contribution in [0.3, 0.4) is 0 Å². The quantitative estimate of drug-likeness (QED) is 0.670. The number of nitrogens with one attached hydrogen (secondary N) is 1. The van der Waals surface area contributed by atoms with E-state index in [4.69, 9.17) is 16.3 Å². The van der Waals surface area contributed by atoms with Gasteiger partial charge in [-0.05, 0) is 42.0 Å². The number of benzene rings is 2. The third kappa shape index (κ3) is 6.35. The molecule has 0 aromatic heterocycles. The molecule has 2 aromatic rings. The van der Waals surface area contributed by atoms with Gasteiger partial charge in [-0.3, -0.25) is 4.79 Å². The Bertz CT molecular complexity index is 894. The van der Waals surface area contributed by atoms with E-state index < -0.39 is 22.0 Å². The van der Waals surface area contributed by atoms with Gasteiger partial charge in [-0.1, -0.05) is 23.7 Å². The SMILES string of the molecule is COC(=O)c1ccc(COC(=O)CCNS(=O)(=O)c2ccc(Cl)cc2)cc1. The van der Waals surface area contributed by atoms with Crippen molar-refractivity contribution in [3.63, 3.8) is 0 Å². The second-order valence-electron chi connectivity index (χ2n) is 5.45. The standard InChI is InChI=1S/C18H18ClNO6S/c1-25-18(22)14-4-2-13(3-5-14)12-26-17(21)10-11-20-27(23,24)16-8-6-15(19)7-9-16/h2-9,20H,10-12H2,1H3. The lowest BCUT2D eigenvalue weighted by atomic mass is 10.1. The summed E-state index contributed by atoms with van der Waals surface area (Å²) in [6.07, 6.45) is -0.118. The van der Waals surface area contributed by atoms with Crippen LogP contribution in [-0.4, -0.2) is 34.0 Å². The molecule has 9 heteroatoms. The first-order valence-electron chi connectivity index (χ1n) is 7.90. The van der Waals surface area contributed by atoms with Crippen molar-refractivity contribution in [2.75, 3.05) is 13.7 Å². The first kappa shape index (κ1) is 20.9. The molecule has 0 unspecified atom stereocenters.